The highest BCUT2D eigenvalue weighted by Gasteiger charge is 2.14. The molecule has 0 atom stereocenters. The first-order valence-corrected chi connectivity index (χ1v) is 6.97. The Morgan fingerprint density at radius 3 is 2.42 bits per heavy atom. The van der Waals surface area contributed by atoms with Crippen LogP contribution in [0.2, 0.25) is 5.02 Å². The van der Waals surface area contributed by atoms with Gasteiger partial charge in [0.2, 0.25) is 0 Å². The van der Waals surface area contributed by atoms with Crippen molar-refractivity contribution in [3.63, 3.8) is 0 Å². The molecular weight excluding hydrogens is 342 g/mol. The minimum Gasteiger partial charge on any atom is -0.465 e. The van der Waals surface area contributed by atoms with E-state index < -0.39 is 29.1 Å². The molecule has 8 heteroatoms. The lowest BCUT2D eigenvalue weighted by molar-refractivity contribution is 0.0599. The van der Waals surface area contributed by atoms with Crippen LogP contribution in [-0.4, -0.2) is 25.2 Å². The summed E-state index contributed by atoms with van der Waals surface area (Å²) in [6.07, 6.45) is 0.792. The Bertz CT molecular complexity index is 802. The molecule has 0 bridgehead atoms. The molecule has 2 aromatic rings. The van der Waals surface area contributed by atoms with E-state index in [4.69, 9.17) is 11.6 Å². The summed E-state index contributed by atoms with van der Waals surface area (Å²) in [6.45, 7) is 0. The molecule has 0 heterocycles. The predicted octanol–water partition coefficient (Wildman–Crippen LogP) is 3.17. The molecule has 2 aromatic carbocycles. The standard InChI is InChI=1S/C16H11ClF2N2O3/c1-24-16(23)9-6-13(18)11(14(19)7-9)8-20-21-15(22)10-4-2-3-5-12(10)17/h2-8H,1H3,(H,21,22)/b20-8+. The molecule has 0 fully saturated rings. The molecule has 0 aliphatic heterocycles. The smallest absolute Gasteiger partial charge is 0.338 e. The van der Waals surface area contributed by atoms with Crippen molar-refractivity contribution in [1.82, 2.24) is 5.43 Å². The molecule has 2 rings (SSSR count). The first kappa shape index (κ1) is 17.6. The van der Waals surface area contributed by atoms with Crippen molar-refractivity contribution in [3.8, 4) is 0 Å². The maximum Gasteiger partial charge on any atom is 0.338 e. The van der Waals surface area contributed by atoms with Crippen molar-refractivity contribution >= 4 is 29.7 Å². The summed E-state index contributed by atoms with van der Waals surface area (Å²) < 4.78 is 32.1. The number of carbonyl (C=O) groups excluding carboxylic acids is 2. The van der Waals surface area contributed by atoms with Crippen LogP contribution in [0, 0.1) is 11.6 Å². The van der Waals surface area contributed by atoms with Gasteiger partial charge < -0.3 is 4.74 Å². The monoisotopic (exact) mass is 352 g/mol. The quantitative estimate of drug-likeness (QED) is 0.522. The number of esters is 1. The summed E-state index contributed by atoms with van der Waals surface area (Å²) in [4.78, 5) is 23.1. The lowest BCUT2D eigenvalue weighted by Crippen LogP contribution is -2.18. The molecule has 5 nitrogen and oxygen atoms in total. The van der Waals surface area contributed by atoms with Crippen molar-refractivity contribution in [2.75, 3.05) is 7.11 Å². The van der Waals surface area contributed by atoms with Crippen LogP contribution in [-0.2, 0) is 4.74 Å². The highest BCUT2D eigenvalue weighted by atomic mass is 35.5. The second kappa shape index (κ2) is 7.65. The van der Waals surface area contributed by atoms with E-state index in [9.17, 15) is 18.4 Å². The number of methoxy groups -OCH3 is 1. The van der Waals surface area contributed by atoms with E-state index >= 15 is 0 Å². The van der Waals surface area contributed by atoms with Gasteiger partial charge in [0.25, 0.3) is 5.91 Å². The number of nitrogens with zero attached hydrogens (tertiary/aromatic N) is 1. The van der Waals surface area contributed by atoms with Gasteiger partial charge in [0, 0.05) is 0 Å². The zero-order valence-corrected chi connectivity index (χ0v) is 13.1. The Labute approximate surface area is 140 Å². The van der Waals surface area contributed by atoms with Crippen LogP contribution in [0.15, 0.2) is 41.5 Å². The fourth-order valence-corrected chi connectivity index (χ4v) is 2.03. The molecule has 124 valence electrons. The second-order valence-electron chi connectivity index (χ2n) is 4.52. The van der Waals surface area contributed by atoms with Gasteiger partial charge >= 0.3 is 5.97 Å². The van der Waals surface area contributed by atoms with Gasteiger partial charge in [-0.1, -0.05) is 23.7 Å². The molecule has 0 spiro atoms. The third-order valence-corrected chi connectivity index (χ3v) is 3.31. The molecule has 0 unspecified atom stereocenters. The molecule has 0 aliphatic carbocycles. The molecule has 24 heavy (non-hydrogen) atoms. The fourth-order valence-electron chi connectivity index (χ4n) is 1.80. The van der Waals surface area contributed by atoms with Gasteiger partial charge in [0.05, 0.1) is 35.0 Å². The zero-order valence-electron chi connectivity index (χ0n) is 12.3. The minimum absolute atomic E-state index is 0.165. The van der Waals surface area contributed by atoms with E-state index in [2.05, 4.69) is 15.3 Å². The second-order valence-corrected chi connectivity index (χ2v) is 4.93. The van der Waals surface area contributed by atoms with Gasteiger partial charge in [-0.3, -0.25) is 4.79 Å². The maximum atomic E-state index is 13.8. The van der Waals surface area contributed by atoms with Crippen LogP contribution in [0.4, 0.5) is 8.78 Å². The average Bonchev–Trinajstić information content (AvgIpc) is 2.56. The summed E-state index contributed by atoms with van der Waals surface area (Å²) in [5.41, 5.74) is 1.49. The summed E-state index contributed by atoms with van der Waals surface area (Å²) in [6, 6.07) is 7.87. The molecule has 0 saturated carbocycles. The number of rotatable bonds is 4. The number of amides is 1. The molecule has 0 saturated heterocycles. The van der Waals surface area contributed by atoms with Gasteiger partial charge in [-0.15, -0.1) is 0 Å². The van der Waals surface area contributed by atoms with Gasteiger partial charge in [-0.2, -0.15) is 5.10 Å². The van der Waals surface area contributed by atoms with Crippen LogP contribution >= 0.6 is 11.6 Å². The third kappa shape index (κ3) is 3.94. The molecule has 0 aliphatic rings. The van der Waals surface area contributed by atoms with Crippen molar-refractivity contribution < 1.29 is 23.1 Å². The van der Waals surface area contributed by atoms with E-state index in [0.29, 0.717) is 0 Å². The van der Waals surface area contributed by atoms with Crippen molar-refractivity contribution in [2.45, 2.75) is 0 Å². The highest BCUT2D eigenvalue weighted by Crippen LogP contribution is 2.16. The lowest BCUT2D eigenvalue weighted by atomic mass is 10.1. The van der Waals surface area contributed by atoms with Crippen molar-refractivity contribution in [2.24, 2.45) is 5.10 Å². The SMILES string of the molecule is COC(=O)c1cc(F)c(/C=N/NC(=O)c2ccccc2Cl)c(F)c1. The number of ether oxygens (including phenoxy) is 1. The molecule has 0 aromatic heterocycles. The summed E-state index contributed by atoms with van der Waals surface area (Å²) >= 11 is 5.85. The Morgan fingerprint density at radius 2 is 1.83 bits per heavy atom. The number of benzene rings is 2. The van der Waals surface area contributed by atoms with Crippen molar-refractivity contribution in [3.05, 3.63) is 69.7 Å². The van der Waals surface area contributed by atoms with E-state index in [1.165, 1.54) is 12.1 Å². The van der Waals surface area contributed by atoms with Crippen LogP contribution in [0.3, 0.4) is 0 Å². The van der Waals surface area contributed by atoms with Crippen LogP contribution < -0.4 is 5.43 Å². The summed E-state index contributed by atoms with van der Waals surface area (Å²) in [5.74, 6) is -3.55. The topological polar surface area (TPSA) is 67.8 Å². The third-order valence-electron chi connectivity index (χ3n) is 2.98. The molecule has 1 N–H and O–H groups in total. The molecule has 1 amide bonds. The van der Waals surface area contributed by atoms with Gasteiger partial charge in [-0.25, -0.2) is 19.0 Å². The Balaban J connectivity index is 2.16. The first-order valence-electron chi connectivity index (χ1n) is 6.59. The Hall–Kier alpha value is -2.80. The zero-order chi connectivity index (χ0) is 17.7. The van der Waals surface area contributed by atoms with Gasteiger partial charge in [0.1, 0.15) is 11.6 Å². The number of hydrogen-bond acceptors (Lipinski definition) is 4. The molecular formula is C16H11ClF2N2O3. The minimum atomic E-state index is -1.02. The number of hydrazone groups is 1. The Morgan fingerprint density at radius 1 is 1.21 bits per heavy atom. The van der Waals surface area contributed by atoms with E-state index in [1.807, 2.05) is 0 Å². The van der Waals surface area contributed by atoms with E-state index in [0.717, 1.165) is 25.5 Å². The van der Waals surface area contributed by atoms with Crippen molar-refractivity contribution in [1.29, 1.82) is 0 Å². The average molecular weight is 353 g/mol. The number of halogens is 3. The summed E-state index contributed by atoms with van der Waals surface area (Å²) in [5, 5.41) is 3.71. The number of nitrogens with one attached hydrogen (secondary N) is 1. The predicted molar refractivity (Wildman–Crippen MR) is 84.2 cm³/mol. The first-order chi connectivity index (χ1) is 11.4. The van der Waals surface area contributed by atoms with E-state index in [1.54, 1.807) is 12.1 Å². The largest absolute Gasteiger partial charge is 0.465 e. The van der Waals surface area contributed by atoms with Gasteiger partial charge in [0.15, 0.2) is 0 Å². The molecule has 0 radical (unpaired) electrons. The fraction of sp³-hybridized carbons (Fsp3) is 0.0625. The van der Waals surface area contributed by atoms with E-state index in [-0.39, 0.29) is 16.1 Å². The highest BCUT2D eigenvalue weighted by molar-refractivity contribution is 6.33. The van der Waals surface area contributed by atoms with Gasteiger partial charge in [-0.05, 0) is 24.3 Å². The Kier molecular flexibility index (Phi) is 5.59. The number of hydrogen-bond donors (Lipinski definition) is 1. The number of carbonyl (C=O) groups is 2. The van der Waals surface area contributed by atoms with Crippen LogP contribution in [0.1, 0.15) is 26.3 Å². The van der Waals surface area contributed by atoms with Crippen LogP contribution in [0.25, 0.3) is 0 Å². The normalized spacial score (nSPS) is 10.7. The van der Waals surface area contributed by atoms with Crippen LogP contribution in [0.5, 0.6) is 0 Å². The summed E-state index contributed by atoms with van der Waals surface area (Å²) in [7, 11) is 1.09. The lowest BCUT2D eigenvalue weighted by Gasteiger charge is -2.04. The maximum absolute atomic E-state index is 13.8.